The summed E-state index contributed by atoms with van der Waals surface area (Å²) in [5, 5.41) is 3.95. The van der Waals surface area contributed by atoms with Gasteiger partial charge in [0.15, 0.2) is 5.75 Å². The Bertz CT molecular complexity index is 390. The molecule has 6 heteroatoms. The molecule has 0 aliphatic rings. The first-order chi connectivity index (χ1) is 8.15. The van der Waals surface area contributed by atoms with E-state index in [9.17, 15) is 4.79 Å². The molecule has 1 aromatic heterocycles. The Labute approximate surface area is 105 Å². The van der Waals surface area contributed by atoms with Crippen molar-refractivity contribution in [2.24, 2.45) is 0 Å². The first kappa shape index (κ1) is 13.6. The van der Waals surface area contributed by atoms with Crippen molar-refractivity contribution >= 4 is 28.0 Å². The van der Waals surface area contributed by atoms with Gasteiger partial charge in [-0.1, -0.05) is 6.92 Å². The van der Waals surface area contributed by atoms with Gasteiger partial charge in [0.25, 0.3) is 0 Å². The molecule has 0 saturated carbocycles. The van der Waals surface area contributed by atoms with Crippen LogP contribution in [0.25, 0.3) is 0 Å². The summed E-state index contributed by atoms with van der Waals surface area (Å²) in [7, 11) is 1.53. The van der Waals surface area contributed by atoms with Crippen molar-refractivity contribution in [1.29, 1.82) is 0 Å². The fraction of sp³-hybridized carbons (Fsp3) is 0.545. The second kappa shape index (κ2) is 6.34. The maximum atomic E-state index is 11.6. The fourth-order valence-electron chi connectivity index (χ4n) is 1.33. The van der Waals surface area contributed by atoms with E-state index >= 15 is 0 Å². The van der Waals surface area contributed by atoms with E-state index in [1.54, 1.807) is 6.92 Å². The van der Waals surface area contributed by atoms with Crippen LogP contribution in [0.2, 0.25) is 0 Å². The van der Waals surface area contributed by atoms with E-state index in [2.05, 4.69) is 12.2 Å². The molecular weight excluding hydrogens is 240 g/mol. The molecule has 96 valence electrons. The highest BCUT2D eigenvalue weighted by molar-refractivity contribution is 7.19. The number of hydrogen-bond acceptors (Lipinski definition) is 6. The summed E-state index contributed by atoms with van der Waals surface area (Å²) >= 11 is 1.26. The lowest BCUT2D eigenvalue weighted by atomic mass is 10.3. The van der Waals surface area contributed by atoms with Gasteiger partial charge < -0.3 is 20.5 Å². The predicted molar refractivity (Wildman–Crippen MR) is 70.0 cm³/mol. The van der Waals surface area contributed by atoms with Crippen LogP contribution in [0, 0.1) is 0 Å². The van der Waals surface area contributed by atoms with Crippen LogP contribution < -0.4 is 15.8 Å². The summed E-state index contributed by atoms with van der Waals surface area (Å²) in [6.07, 6.45) is 0.982. The summed E-state index contributed by atoms with van der Waals surface area (Å²) in [5.74, 6) is 0.115. The third-order valence-corrected chi connectivity index (χ3v) is 3.22. The summed E-state index contributed by atoms with van der Waals surface area (Å²) in [6.45, 7) is 4.95. The Hall–Kier alpha value is -1.43. The molecule has 0 bridgehead atoms. The first-order valence-electron chi connectivity index (χ1n) is 5.52. The molecule has 0 aliphatic carbocycles. The van der Waals surface area contributed by atoms with Gasteiger partial charge in [-0.3, -0.25) is 0 Å². The number of esters is 1. The van der Waals surface area contributed by atoms with Crippen LogP contribution in [0.1, 0.15) is 29.9 Å². The molecule has 1 aromatic rings. The molecule has 1 heterocycles. The molecule has 0 fully saturated rings. The monoisotopic (exact) mass is 258 g/mol. The van der Waals surface area contributed by atoms with Gasteiger partial charge in [-0.25, -0.2) is 4.79 Å². The summed E-state index contributed by atoms with van der Waals surface area (Å²) < 4.78 is 10.1. The molecule has 5 nitrogen and oxygen atoms in total. The Balaban J connectivity index is 2.99. The van der Waals surface area contributed by atoms with E-state index in [0.717, 1.165) is 18.0 Å². The van der Waals surface area contributed by atoms with Crippen molar-refractivity contribution in [2.75, 3.05) is 31.3 Å². The zero-order chi connectivity index (χ0) is 12.8. The fourth-order valence-corrected chi connectivity index (χ4v) is 2.34. The molecule has 0 radical (unpaired) electrons. The first-order valence-corrected chi connectivity index (χ1v) is 6.34. The van der Waals surface area contributed by atoms with Crippen LogP contribution in [0.3, 0.4) is 0 Å². The smallest absolute Gasteiger partial charge is 0.350 e. The molecule has 0 aromatic carbocycles. The summed E-state index contributed by atoms with van der Waals surface area (Å²) in [4.78, 5) is 12.0. The van der Waals surface area contributed by atoms with E-state index in [1.165, 1.54) is 18.4 Å². The van der Waals surface area contributed by atoms with Crippen LogP contribution in [0.4, 0.5) is 10.7 Å². The second-order valence-electron chi connectivity index (χ2n) is 3.35. The summed E-state index contributed by atoms with van der Waals surface area (Å²) in [5.41, 5.74) is 6.20. The number of carbonyl (C=O) groups is 1. The zero-order valence-electron chi connectivity index (χ0n) is 10.3. The quantitative estimate of drug-likeness (QED) is 0.766. The lowest BCUT2D eigenvalue weighted by molar-refractivity contribution is 0.0533. The van der Waals surface area contributed by atoms with Gasteiger partial charge in [0.1, 0.15) is 15.6 Å². The third-order valence-electron chi connectivity index (χ3n) is 2.10. The van der Waals surface area contributed by atoms with Crippen LogP contribution in [-0.4, -0.2) is 26.2 Å². The van der Waals surface area contributed by atoms with Gasteiger partial charge in [-0.05, 0) is 13.3 Å². The van der Waals surface area contributed by atoms with Gasteiger partial charge in [0.05, 0.1) is 13.7 Å². The Kier molecular flexibility index (Phi) is 5.09. The van der Waals surface area contributed by atoms with Crippen molar-refractivity contribution in [3.05, 3.63) is 4.88 Å². The SMILES string of the molecule is CCCNc1sc(C(=O)OCC)c(N)c1OC. The molecule has 0 aliphatic heterocycles. The molecule has 0 amide bonds. The van der Waals surface area contributed by atoms with Crippen LogP contribution >= 0.6 is 11.3 Å². The van der Waals surface area contributed by atoms with Crippen molar-refractivity contribution in [2.45, 2.75) is 20.3 Å². The number of ether oxygens (including phenoxy) is 2. The molecule has 0 unspecified atom stereocenters. The Morgan fingerprint density at radius 3 is 2.71 bits per heavy atom. The van der Waals surface area contributed by atoms with Gasteiger partial charge >= 0.3 is 5.97 Å². The molecule has 17 heavy (non-hydrogen) atoms. The number of hydrogen-bond donors (Lipinski definition) is 2. The van der Waals surface area contributed by atoms with Gasteiger partial charge in [-0.15, -0.1) is 11.3 Å². The van der Waals surface area contributed by atoms with Crippen molar-refractivity contribution in [3.63, 3.8) is 0 Å². The molecule has 3 N–H and O–H groups in total. The number of rotatable bonds is 6. The topological polar surface area (TPSA) is 73.6 Å². The largest absolute Gasteiger partial charge is 0.492 e. The minimum Gasteiger partial charge on any atom is -0.492 e. The molecule has 1 rings (SSSR count). The van der Waals surface area contributed by atoms with E-state index in [0.29, 0.717) is 22.9 Å². The van der Waals surface area contributed by atoms with Gasteiger partial charge in [0.2, 0.25) is 0 Å². The normalized spacial score (nSPS) is 10.1. The number of carbonyl (C=O) groups excluding carboxylic acids is 1. The zero-order valence-corrected chi connectivity index (χ0v) is 11.1. The highest BCUT2D eigenvalue weighted by Crippen LogP contribution is 2.42. The number of nitrogens with one attached hydrogen (secondary N) is 1. The highest BCUT2D eigenvalue weighted by atomic mass is 32.1. The van der Waals surface area contributed by atoms with Crippen LogP contribution in [0.15, 0.2) is 0 Å². The van der Waals surface area contributed by atoms with E-state index in [1.807, 2.05) is 0 Å². The highest BCUT2D eigenvalue weighted by Gasteiger charge is 2.22. The average Bonchev–Trinajstić information content (AvgIpc) is 2.63. The van der Waals surface area contributed by atoms with Crippen LogP contribution in [-0.2, 0) is 4.74 Å². The lowest BCUT2D eigenvalue weighted by Gasteiger charge is -2.04. The number of methoxy groups -OCH3 is 1. The minimum atomic E-state index is -0.405. The number of anilines is 2. The maximum absolute atomic E-state index is 11.6. The molecule has 0 saturated heterocycles. The van der Waals surface area contributed by atoms with Crippen molar-refractivity contribution in [3.8, 4) is 5.75 Å². The number of thiophene rings is 1. The third kappa shape index (κ3) is 3.03. The van der Waals surface area contributed by atoms with Gasteiger partial charge in [-0.2, -0.15) is 0 Å². The average molecular weight is 258 g/mol. The molecule has 0 atom stereocenters. The maximum Gasteiger partial charge on any atom is 0.350 e. The predicted octanol–water partition coefficient (Wildman–Crippen LogP) is 2.34. The number of nitrogen functional groups attached to an aromatic ring is 1. The van der Waals surface area contributed by atoms with Gasteiger partial charge in [0, 0.05) is 6.54 Å². The van der Waals surface area contributed by atoms with E-state index < -0.39 is 5.97 Å². The van der Waals surface area contributed by atoms with Crippen LogP contribution in [0.5, 0.6) is 5.75 Å². The van der Waals surface area contributed by atoms with Crippen molar-refractivity contribution < 1.29 is 14.3 Å². The Morgan fingerprint density at radius 2 is 2.18 bits per heavy atom. The minimum absolute atomic E-state index is 0.330. The summed E-state index contributed by atoms with van der Waals surface area (Å²) in [6, 6.07) is 0. The Morgan fingerprint density at radius 1 is 1.47 bits per heavy atom. The molecule has 0 spiro atoms. The molecular formula is C11H18N2O3S. The second-order valence-corrected chi connectivity index (χ2v) is 4.38. The van der Waals surface area contributed by atoms with E-state index in [4.69, 9.17) is 15.2 Å². The van der Waals surface area contributed by atoms with E-state index in [-0.39, 0.29) is 0 Å². The van der Waals surface area contributed by atoms with Crippen molar-refractivity contribution in [1.82, 2.24) is 0 Å². The standard InChI is InChI=1S/C11H18N2O3S/c1-4-6-13-10-8(15-3)7(12)9(17-10)11(14)16-5-2/h13H,4-6,12H2,1-3H3. The lowest BCUT2D eigenvalue weighted by Crippen LogP contribution is -2.05. The number of nitrogens with two attached hydrogens (primary N) is 1.